The zero-order chi connectivity index (χ0) is 21.4. The Labute approximate surface area is 171 Å². The Hall–Kier alpha value is -2.36. The molecule has 29 heavy (non-hydrogen) atoms. The second-order valence-corrected chi connectivity index (χ2v) is 10.1. The number of benzene rings is 2. The highest BCUT2D eigenvalue weighted by atomic mass is 32.2. The zero-order valence-electron chi connectivity index (χ0n) is 17.1. The highest BCUT2D eigenvalue weighted by molar-refractivity contribution is 7.90. The van der Waals surface area contributed by atoms with Gasteiger partial charge in [-0.3, -0.25) is 0 Å². The Morgan fingerprint density at radius 1 is 0.897 bits per heavy atom. The summed E-state index contributed by atoms with van der Waals surface area (Å²) >= 11 is 0. The molecule has 2 aromatic rings. The molecule has 1 fully saturated rings. The van der Waals surface area contributed by atoms with Crippen LogP contribution in [0.2, 0.25) is 0 Å². The number of rotatable bonds is 4. The van der Waals surface area contributed by atoms with Crippen molar-refractivity contribution >= 4 is 39.8 Å². The van der Waals surface area contributed by atoms with E-state index in [-0.39, 0.29) is 4.90 Å². The maximum atomic E-state index is 12.3. The van der Waals surface area contributed by atoms with E-state index in [9.17, 15) is 13.2 Å². The summed E-state index contributed by atoms with van der Waals surface area (Å²) in [5.41, 5.74) is 0.827. The van der Waals surface area contributed by atoms with Gasteiger partial charge in [-0.2, -0.15) is 0 Å². The minimum Gasteiger partial charge on any atom is -0.399 e. The molecule has 2 aromatic carbocycles. The zero-order valence-corrected chi connectivity index (χ0v) is 18.0. The van der Waals surface area contributed by atoms with Crippen molar-refractivity contribution in [1.82, 2.24) is 0 Å². The number of carbonyl (C=O) groups excluding carboxylic acids is 1. The lowest BCUT2D eigenvalue weighted by Gasteiger charge is -2.32. The largest absolute Gasteiger partial charge is 0.494 e. The number of amides is 2. The van der Waals surface area contributed by atoms with Crippen LogP contribution in [0.5, 0.6) is 0 Å². The Morgan fingerprint density at radius 3 is 1.97 bits per heavy atom. The normalized spacial score (nSPS) is 17.8. The summed E-state index contributed by atoms with van der Waals surface area (Å²) < 4.78 is 35.4. The lowest BCUT2D eigenvalue weighted by Crippen LogP contribution is -2.41. The van der Waals surface area contributed by atoms with Gasteiger partial charge >= 0.3 is 13.1 Å². The first-order valence-corrected chi connectivity index (χ1v) is 11.1. The summed E-state index contributed by atoms with van der Waals surface area (Å²) in [6, 6.07) is 12.8. The molecule has 0 aromatic heterocycles. The van der Waals surface area contributed by atoms with Crippen molar-refractivity contribution in [3.63, 3.8) is 0 Å². The molecule has 1 heterocycles. The molecule has 0 bridgehead atoms. The van der Waals surface area contributed by atoms with Gasteiger partial charge < -0.3 is 19.9 Å². The molecule has 7 nitrogen and oxygen atoms in total. The monoisotopic (exact) mass is 416 g/mol. The van der Waals surface area contributed by atoms with Crippen molar-refractivity contribution in [3.05, 3.63) is 48.5 Å². The summed E-state index contributed by atoms with van der Waals surface area (Å²) in [6.07, 6.45) is 1.12. The molecule has 154 valence electrons. The molecule has 0 unspecified atom stereocenters. The van der Waals surface area contributed by atoms with Gasteiger partial charge in [0.25, 0.3) is 0 Å². The quantitative estimate of drug-likeness (QED) is 0.748. The fraction of sp³-hybridized carbons (Fsp3) is 0.350. The van der Waals surface area contributed by atoms with Gasteiger partial charge in [0, 0.05) is 17.6 Å². The maximum absolute atomic E-state index is 12.3. The summed E-state index contributed by atoms with van der Waals surface area (Å²) in [4.78, 5) is 12.5. The van der Waals surface area contributed by atoms with Crippen molar-refractivity contribution in [2.45, 2.75) is 43.8 Å². The number of hydrogen-bond donors (Lipinski definition) is 2. The van der Waals surface area contributed by atoms with Gasteiger partial charge in [-0.05, 0) is 63.5 Å². The van der Waals surface area contributed by atoms with E-state index in [1.54, 1.807) is 30.3 Å². The lowest BCUT2D eigenvalue weighted by atomic mass is 9.79. The van der Waals surface area contributed by atoms with E-state index in [0.29, 0.717) is 11.4 Å². The van der Waals surface area contributed by atoms with Gasteiger partial charge in [0.15, 0.2) is 9.84 Å². The Bertz CT molecular complexity index is 1020. The average molecular weight is 416 g/mol. The van der Waals surface area contributed by atoms with E-state index in [1.807, 2.05) is 33.8 Å². The number of hydrogen-bond acceptors (Lipinski definition) is 5. The van der Waals surface area contributed by atoms with Crippen molar-refractivity contribution in [3.8, 4) is 0 Å². The van der Waals surface area contributed by atoms with Gasteiger partial charge in [0.05, 0.1) is 16.1 Å². The number of urea groups is 1. The first-order chi connectivity index (χ1) is 13.4. The third kappa shape index (κ3) is 4.80. The lowest BCUT2D eigenvalue weighted by molar-refractivity contribution is 0.00578. The average Bonchev–Trinajstić information content (AvgIpc) is 2.82. The molecule has 0 spiro atoms. The molecular formula is C20H25BN2O5S. The number of sulfone groups is 1. The predicted octanol–water partition coefficient (Wildman–Crippen LogP) is 3.03. The van der Waals surface area contributed by atoms with E-state index in [4.69, 9.17) is 9.31 Å². The summed E-state index contributed by atoms with van der Waals surface area (Å²) in [5.74, 6) is 0. The van der Waals surface area contributed by atoms with E-state index in [0.717, 1.165) is 11.7 Å². The Balaban J connectivity index is 1.70. The van der Waals surface area contributed by atoms with Gasteiger partial charge in [0.1, 0.15) is 0 Å². The second-order valence-electron chi connectivity index (χ2n) is 8.09. The Kier molecular flexibility index (Phi) is 5.51. The third-order valence-corrected chi connectivity index (χ3v) is 6.30. The summed E-state index contributed by atoms with van der Waals surface area (Å²) in [6.45, 7) is 7.92. The van der Waals surface area contributed by atoms with Crippen molar-refractivity contribution < 1.29 is 22.5 Å². The van der Waals surface area contributed by atoms with Crippen LogP contribution in [0.25, 0.3) is 0 Å². The van der Waals surface area contributed by atoms with Crippen LogP contribution in [-0.2, 0) is 19.1 Å². The van der Waals surface area contributed by atoms with Crippen LogP contribution in [0.15, 0.2) is 53.4 Å². The smallest absolute Gasteiger partial charge is 0.399 e. The number of nitrogens with one attached hydrogen (secondary N) is 2. The van der Waals surface area contributed by atoms with Gasteiger partial charge in [-0.15, -0.1) is 0 Å². The predicted molar refractivity (Wildman–Crippen MR) is 114 cm³/mol. The van der Waals surface area contributed by atoms with E-state index >= 15 is 0 Å². The molecule has 2 amide bonds. The van der Waals surface area contributed by atoms with Gasteiger partial charge in [-0.25, -0.2) is 13.2 Å². The molecule has 2 N–H and O–H groups in total. The first-order valence-electron chi connectivity index (χ1n) is 9.21. The van der Waals surface area contributed by atoms with E-state index in [2.05, 4.69) is 10.6 Å². The van der Waals surface area contributed by atoms with Crippen molar-refractivity contribution in [2.24, 2.45) is 0 Å². The molecule has 3 rings (SSSR count). The molecule has 0 aliphatic carbocycles. The molecule has 1 saturated heterocycles. The van der Waals surface area contributed by atoms with Gasteiger partial charge in [-0.1, -0.05) is 18.2 Å². The van der Waals surface area contributed by atoms with E-state index in [1.165, 1.54) is 12.1 Å². The summed E-state index contributed by atoms with van der Waals surface area (Å²) in [7, 11) is -3.88. The van der Waals surface area contributed by atoms with Crippen molar-refractivity contribution in [2.75, 3.05) is 16.9 Å². The second kappa shape index (κ2) is 7.48. The van der Waals surface area contributed by atoms with Crippen LogP contribution >= 0.6 is 0 Å². The molecule has 9 heteroatoms. The number of anilines is 2. The molecule has 0 saturated carbocycles. The standard InChI is InChI=1S/C20H25BN2O5S/c1-19(2)20(3,4)28-21(27-19)14-8-6-9-15(12-14)22-18(24)23-16-10-7-11-17(13-16)29(5,25)26/h6-13H,1-5H3,(H2,22,23,24). The molecule has 1 aliphatic rings. The Morgan fingerprint density at radius 2 is 1.41 bits per heavy atom. The van der Waals surface area contributed by atoms with Crippen LogP contribution in [-0.4, -0.2) is 39.0 Å². The highest BCUT2D eigenvalue weighted by Crippen LogP contribution is 2.36. The van der Waals surface area contributed by atoms with Crippen LogP contribution < -0.4 is 16.1 Å². The molecule has 1 aliphatic heterocycles. The molecular weight excluding hydrogens is 391 g/mol. The van der Waals surface area contributed by atoms with Crippen molar-refractivity contribution in [1.29, 1.82) is 0 Å². The SMILES string of the molecule is CC1(C)OB(c2cccc(NC(=O)Nc3cccc(S(C)(=O)=O)c3)c2)OC1(C)C. The maximum Gasteiger partial charge on any atom is 0.494 e. The minimum absolute atomic E-state index is 0.137. The topological polar surface area (TPSA) is 93.7 Å². The summed E-state index contributed by atoms with van der Waals surface area (Å²) in [5, 5.41) is 5.38. The third-order valence-electron chi connectivity index (χ3n) is 5.19. The van der Waals surface area contributed by atoms with Crippen LogP contribution in [0.4, 0.5) is 16.2 Å². The highest BCUT2D eigenvalue weighted by Gasteiger charge is 2.51. The molecule has 0 radical (unpaired) electrons. The number of carbonyl (C=O) groups is 1. The fourth-order valence-corrected chi connectivity index (χ4v) is 3.51. The minimum atomic E-state index is -3.35. The van der Waals surface area contributed by atoms with Crippen LogP contribution in [0.1, 0.15) is 27.7 Å². The van der Waals surface area contributed by atoms with E-state index < -0.39 is 34.2 Å². The first kappa shape index (κ1) is 21.4. The van der Waals surface area contributed by atoms with Gasteiger partial charge in [0.2, 0.25) is 0 Å². The van der Waals surface area contributed by atoms with Crippen LogP contribution in [0, 0.1) is 0 Å². The molecule has 0 atom stereocenters. The van der Waals surface area contributed by atoms with Crippen LogP contribution in [0.3, 0.4) is 0 Å². The fourth-order valence-electron chi connectivity index (χ4n) is 2.84.